The first-order chi connectivity index (χ1) is 7.09. The van der Waals surface area contributed by atoms with Crippen molar-refractivity contribution in [3.05, 3.63) is 23.4 Å². The molecule has 0 aliphatic rings. The van der Waals surface area contributed by atoms with E-state index in [9.17, 15) is 0 Å². The molecular formula is C11H17ClN2O. The van der Waals surface area contributed by atoms with Gasteiger partial charge in [0.25, 0.3) is 0 Å². The van der Waals surface area contributed by atoms with E-state index in [1.807, 2.05) is 0 Å². The van der Waals surface area contributed by atoms with Crippen LogP contribution in [0.2, 0.25) is 5.02 Å². The highest BCUT2D eigenvalue weighted by atomic mass is 35.5. The molecule has 1 aromatic rings. The monoisotopic (exact) mass is 228 g/mol. The van der Waals surface area contributed by atoms with Crippen molar-refractivity contribution in [2.75, 3.05) is 6.61 Å². The Morgan fingerprint density at radius 3 is 2.53 bits per heavy atom. The van der Waals surface area contributed by atoms with E-state index in [0.717, 1.165) is 12.8 Å². The van der Waals surface area contributed by atoms with Crippen LogP contribution in [0.15, 0.2) is 18.3 Å². The summed E-state index contributed by atoms with van der Waals surface area (Å²) in [5.74, 6) is 0.566. The quantitative estimate of drug-likeness (QED) is 0.843. The van der Waals surface area contributed by atoms with Crippen LogP contribution in [0, 0.1) is 0 Å². The summed E-state index contributed by atoms with van der Waals surface area (Å²) in [5.41, 5.74) is 5.83. The summed E-state index contributed by atoms with van der Waals surface area (Å²) in [7, 11) is 0. The molecule has 3 nitrogen and oxygen atoms in total. The Morgan fingerprint density at radius 1 is 1.40 bits per heavy atom. The van der Waals surface area contributed by atoms with Crippen LogP contribution in [-0.2, 0) is 0 Å². The summed E-state index contributed by atoms with van der Waals surface area (Å²) in [6.07, 6.45) is 3.33. The number of ether oxygens (including phenoxy) is 1. The normalized spacial score (nSPS) is 11.5. The van der Waals surface area contributed by atoms with Gasteiger partial charge in [-0.2, -0.15) is 0 Å². The van der Waals surface area contributed by atoms with Crippen molar-refractivity contribution in [3.63, 3.8) is 0 Å². The van der Waals surface area contributed by atoms with Crippen LogP contribution < -0.4 is 10.5 Å². The third kappa shape index (κ3) is 3.68. The van der Waals surface area contributed by atoms with E-state index >= 15 is 0 Å². The van der Waals surface area contributed by atoms with Gasteiger partial charge in [-0.3, -0.25) is 0 Å². The van der Waals surface area contributed by atoms with Gasteiger partial charge in [0.2, 0.25) is 5.88 Å². The minimum atomic E-state index is -0.263. The lowest BCUT2D eigenvalue weighted by Gasteiger charge is -2.26. The van der Waals surface area contributed by atoms with Gasteiger partial charge in [-0.15, -0.1) is 0 Å². The lowest BCUT2D eigenvalue weighted by molar-refractivity contribution is 0.201. The molecule has 1 rings (SSSR count). The van der Waals surface area contributed by atoms with Gasteiger partial charge in [-0.05, 0) is 18.9 Å². The Hall–Kier alpha value is -0.800. The number of pyridine rings is 1. The largest absolute Gasteiger partial charge is 0.476 e. The fraction of sp³-hybridized carbons (Fsp3) is 0.545. The summed E-state index contributed by atoms with van der Waals surface area (Å²) in [5, 5.41) is 0.604. The van der Waals surface area contributed by atoms with Crippen molar-refractivity contribution in [3.8, 4) is 5.88 Å². The maximum Gasteiger partial charge on any atom is 0.213 e. The van der Waals surface area contributed by atoms with E-state index in [1.54, 1.807) is 18.3 Å². The number of hydrogen-bond donors (Lipinski definition) is 1. The van der Waals surface area contributed by atoms with Gasteiger partial charge >= 0.3 is 0 Å². The number of nitrogens with two attached hydrogens (primary N) is 1. The molecular weight excluding hydrogens is 212 g/mol. The van der Waals surface area contributed by atoms with Crippen LogP contribution in [0.5, 0.6) is 5.88 Å². The molecule has 0 radical (unpaired) electrons. The highest BCUT2D eigenvalue weighted by molar-refractivity contribution is 6.30. The molecule has 2 N–H and O–H groups in total. The second-order valence-corrected chi connectivity index (χ2v) is 4.11. The fourth-order valence-corrected chi connectivity index (χ4v) is 1.23. The molecule has 0 aromatic carbocycles. The number of nitrogens with zero attached hydrogens (tertiary/aromatic N) is 1. The first-order valence-electron chi connectivity index (χ1n) is 5.13. The zero-order valence-electron chi connectivity index (χ0n) is 9.16. The van der Waals surface area contributed by atoms with Crippen LogP contribution in [0.25, 0.3) is 0 Å². The standard InChI is InChI=1S/C11H17ClN2O/c1-3-11(13,4-2)8-15-10-6-5-9(12)7-14-10/h5-7H,3-4,8,13H2,1-2H3. The Morgan fingerprint density at radius 2 is 2.07 bits per heavy atom. The highest BCUT2D eigenvalue weighted by Gasteiger charge is 2.21. The van der Waals surface area contributed by atoms with Crippen molar-refractivity contribution in [2.24, 2.45) is 5.73 Å². The van der Waals surface area contributed by atoms with E-state index < -0.39 is 0 Å². The SMILES string of the molecule is CCC(N)(CC)COc1ccc(Cl)cn1. The predicted molar refractivity (Wildman–Crippen MR) is 62.2 cm³/mol. The lowest BCUT2D eigenvalue weighted by atomic mass is 9.96. The second-order valence-electron chi connectivity index (χ2n) is 3.67. The molecule has 0 unspecified atom stereocenters. The van der Waals surface area contributed by atoms with Crippen molar-refractivity contribution < 1.29 is 4.74 Å². The average Bonchev–Trinajstić information content (AvgIpc) is 2.28. The summed E-state index contributed by atoms with van der Waals surface area (Å²) >= 11 is 5.71. The van der Waals surface area contributed by atoms with Gasteiger partial charge in [-0.1, -0.05) is 25.4 Å². The molecule has 0 amide bonds. The second kappa shape index (κ2) is 5.33. The number of aromatic nitrogens is 1. The molecule has 84 valence electrons. The molecule has 0 bridgehead atoms. The van der Waals surface area contributed by atoms with Crippen LogP contribution in [0.4, 0.5) is 0 Å². The fourth-order valence-electron chi connectivity index (χ4n) is 1.12. The van der Waals surface area contributed by atoms with E-state index in [1.165, 1.54) is 0 Å². The molecule has 0 fully saturated rings. The van der Waals surface area contributed by atoms with Crippen LogP contribution in [-0.4, -0.2) is 17.1 Å². The van der Waals surface area contributed by atoms with Crippen LogP contribution in [0.1, 0.15) is 26.7 Å². The lowest BCUT2D eigenvalue weighted by Crippen LogP contribution is -2.44. The molecule has 0 atom stereocenters. The molecule has 0 aliphatic heterocycles. The van der Waals surface area contributed by atoms with Crippen molar-refractivity contribution in [1.29, 1.82) is 0 Å². The molecule has 0 aliphatic carbocycles. The van der Waals surface area contributed by atoms with E-state index in [-0.39, 0.29) is 5.54 Å². The van der Waals surface area contributed by atoms with Crippen molar-refractivity contribution in [2.45, 2.75) is 32.2 Å². The first-order valence-corrected chi connectivity index (χ1v) is 5.50. The minimum absolute atomic E-state index is 0.263. The van der Waals surface area contributed by atoms with Gasteiger partial charge < -0.3 is 10.5 Å². The van der Waals surface area contributed by atoms with Gasteiger partial charge in [-0.25, -0.2) is 4.98 Å². The third-order valence-corrected chi connectivity index (χ3v) is 2.84. The third-order valence-electron chi connectivity index (χ3n) is 2.62. The minimum Gasteiger partial charge on any atom is -0.476 e. The highest BCUT2D eigenvalue weighted by Crippen LogP contribution is 2.15. The zero-order chi connectivity index (χ0) is 11.3. The summed E-state index contributed by atoms with van der Waals surface area (Å²) in [6.45, 7) is 4.60. The van der Waals surface area contributed by atoms with E-state index in [4.69, 9.17) is 22.1 Å². The number of hydrogen-bond acceptors (Lipinski definition) is 3. The average molecular weight is 229 g/mol. The van der Waals surface area contributed by atoms with Crippen LogP contribution in [0.3, 0.4) is 0 Å². The Balaban J connectivity index is 2.53. The topological polar surface area (TPSA) is 48.1 Å². The summed E-state index contributed by atoms with van der Waals surface area (Å²) in [6, 6.07) is 3.49. The molecule has 4 heteroatoms. The molecule has 0 saturated heterocycles. The molecule has 0 spiro atoms. The van der Waals surface area contributed by atoms with Gasteiger partial charge in [0.1, 0.15) is 6.61 Å². The van der Waals surface area contributed by atoms with E-state index in [2.05, 4.69) is 18.8 Å². The number of halogens is 1. The Kier molecular flexibility index (Phi) is 4.36. The van der Waals surface area contributed by atoms with Crippen molar-refractivity contribution in [1.82, 2.24) is 4.98 Å². The summed E-state index contributed by atoms with van der Waals surface area (Å²) in [4.78, 5) is 4.04. The number of rotatable bonds is 5. The van der Waals surface area contributed by atoms with Gasteiger partial charge in [0, 0.05) is 17.8 Å². The first kappa shape index (κ1) is 12.3. The zero-order valence-corrected chi connectivity index (χ0v) is 9.92. The summed E-state index contributed by atoms with van der Waals surface area (Å²) < 4.78 is 5.51. The predicted octanol–water partition coefficient (Wildman–Crippen LogP) is 2.63. The maximum absolute atomic E-state index is 6.10. The van der Waals surface area contributed by atoms with Gasteiger partial charge in [0.05, 0.1) is 5.02 Å². The maximum atomic E-state index is 6.10. The van der Waals surface area contributed by atoms with Crippen LogP contribution >= 0.6 is 11.6 Å². The molecule has 0 saturated carbocycles. The molecule has 15 heavy (non-hydrogen) atoms. The van der Waals surface area contributed by atoms with Crippen molar-refractivity contribution >= 4 is 11.6 Å². The van der Waals surface area contributed by atoms with E-state index in [0.29, 0.717) is 17.5 Å². The van der Waals surface area contributed by atoms with Gasteiger partial charge in [0.15, 0.2) is 0 Å². The Bertz CT molecular complexity index is 296. The smallest absolute Gasteiger partial charge is 0.213 e. The Labute approximate surface area is 95.6 Å². The molecule has 1 aromatic heterocycles. The molecule has 1 heterocycles.